The number of ketones is 1. The van der Waals surface area contributed by atoms with E-state index >= 15 is 0 Å². The number of aryl methyl sites for hydroxylation is 2. The molecule has 0 unspecified atom stereocenters. The summed E-state index contributed by atoms with van der Waals surface area (Å²) in [4.78, 5) is 37.2. The minimum Gasteiger partial charge on any atom is -0.483 e. The van der Waals surface area contributed by atoms with E-state index in [-0.39, 0.29) is 28.2 Å². The van der Waals surface area contributed by atoms with Crippen LogP contribution < -0.4 is 14.8 Å². The van der Waals surface area contributed by atoms with Crippen LogP contribution in [0, 0.1) is 25.2 Å². The van der Waals surface area contributed by atoms with Crippen molar-refractivity contribution >= 4 is 44.9 Å². The number of hydrogen-bond donors (Lipinski definition) is 2. The number of nitrogens with zero attached hydrogens (tertiary/aromatic N) is 1. The summed E-state index contributed by atoms with van der Waals surface area (Å²) in [5.41, 5.74) is 2.26. The molecule has 0 saturated heterocycles. The lowest BCUT2D eigenvalue weighted by atomic mass is 9.98. The van der Waals surface area contributed by atoms with Gasteiger partial charge in [-0.3, -0.25) is 14.4 Å². The van der Waals surface area contributed by atoms with Gasteiger partial charge in [0.25, 0.3) is 15.9 Å². The van der Waals surface area contributed by atoms with Crippen LogP contribution in [0.1, 0.15) is 46.0 Å². The molecule has 3 aromatic rings. The Hall–Kier alpha value is -4.20. The topological polar surface area (TPSA) is 142 Å². The van der Waals surface area contributed by atoms with E-state index in [1.54, 1.807) is 26.0 Å². The van der Waals surface area contributed by atoms with Crippen molar-refractivity contribution < 1.29 is 27.5 Å². The molecule has 2 amide bonds. The van der Waals surface area contributed by atoms with Gasteiger partial charge in [-0.1, -0.05) is 18.5 Å². The number of anilines is 1. The molecular formula is C27H24ClN3O6S. The second-order valence-corrected chi connectivity index (χ2v) is 10.5. The Morgan fingerprint density at radius 2 is 1.74 bits per heavy atom. The molecule has 0 aliphatic heterocycles. The number of rotatable bonds is 9. The third-order valence-corrected chi connectivity index (χ3v) is 6.97. The van der Waals surface area contributed by atoms with Crippen LogP contribution in [0.4, 0.5) is 5.69 Å². The fourth-order valence-corrected chi connectivity index (χ4v) is 4.81. The molecule has 0 aliphatic rings. The number of amides is 2. The van der Waals surface area contributed by atoms with Gasteiger partial charge in [-0.25, -0.2) is 13.1 Å². The summed E-state index contributed by atoms with van der Waals surface area (Å²) in [6, 6.07) is 15.2. The number of ether oxygens (including phenoxy) is 1. The van der Waals surface area contributed by atoms with Crippen LogP contribution in [0.25, 0.3) is 0 Å². The molecule has 2 N–H and O–H groups in total. The van der Waals surface area contributed by atoms with Crippen LogP contribution >= 0.6 is 11.6 Å². The largest absolute Gasteiger partial charge is 0.483 e. The molecule has 0 atom stereocenters. The number of hydrogen-bond acceptors (Lipinski definition) is 7. The van der Waals surface area contributed by atoms with E-state index < -0.39 is 34.2 Å². The highest BCUT2D eigenvalue weighted by Gasteiger charge is 2.20. The molecule has 0 aromatic heterocycles. The maximum absolute atomic E-state index is 13.2. The van der Waals surface area contributed by atoms with E-state index in [0.29, 0.717) is 21.8 Å². The summed E-state index contributed by atoms with van der Waals surface area (Å²) in [7, 11) is -4.03. The molecule has 0 bridgehead atoms. The van der Waals surface area contributed by atoms with Crippen LogP contribution in [-0.4, -0.2) is 32.6 Å². The average molecular weight is 554 g/mol. The predicted octanol–water partition coefficient (Wildman–Crippen LogP) is 4.29. The molecule has 3 aromatic carbocycles. The average Bonchev–Trinajstić information content (AvgIpc) is 2.87. The molecular weight excluding hydrogens is 530 g/mol. The normalized spacial score (nSPS) is 10.8. The van der Waals surface area contributed by atoms with E-state index in [0.717, 1.165) is 5.56 Å². The zero-order valence-corrected chi connectivity index (χ0v) is 22.4. The summed E-state index contributed by atoms with van der Waals surface area (Å²) in [6.45, 7) is 4.45. The second kappa shape index (κ2) is 11.9. The number of nitriles is 1. The summed E-state index contributed by atoms with van der Waals surface area (Å²) in [5, 5.41) is 12.1. The third-order valence-electron chi connectivity index (χ3n) is 5.37. The van der Waals surface area contributed by atoms with Crippen molar-refractivity contribution in [3.8, 4) is 11.8 Å². The van der Waals surface area contributed by atoms with Crippen LogP contribution in [0.15, 0.2) is 59.5 Å². The molecule has 0 spiro atoms. The highest BCUT2D eigenvalue weighted by atomic mass is 35.5. The van der Waals surface area contributed by atoms with Gasteiger partial charge in [0, 0.05) is 22.7 Å². The molecule has 9 nitrogen and oxygen atoms in total. The Kier molecular flexibility index (Phi) is 8.88. The van der Waals surface area contributed by atoms with Crippen molar-refractivity contribution in [1.29, 1.82) is 5.26 Å². The first-order valence-electron chi connectivity index (χ1n) is 11.4. The molecule has 0 fully saturated rings. The van der Waals surface area contributed by atoms with Gasteiger partial charge in [-0.2, -0.15) is 5.26 Å². The Morgan fingerprint density at radius 3 is 2.39 bits per heavy atom. The first kappa shape index (κ1) is 28.4. The van der Waals surface area contributed by atoms with Gasteiger partial charge in [0.1, 0.15) is 5.75 Å². The smallest absolute Gasteiger partial charge is 0.264 e. The molecule has 0 radical (unpaired) electrons. The Labute approximate surface area is 225 Å². The summed E-state index contributed by atoms with van der Waals surface area (Å²) in [6.07, 6.45) is 0.0131. The van der Waals surface area contributed by atoms with E-state index in [2.05, 4.69) is 5.32 Å². The first-order chi connectivity index (χ1) is 17.9. The van der Waals surface area contributed by atoms with Gasteiger partial charge >= 0.3 is 0 Å². The van der Waals surface area contributed by atoms with Gasteiger partial charge in [0.15, 0.2) is 12.4 Å². The number of carbonyl (C=O) groups excluding carboxylic acids is 3. The van der Waals surface area contributed by atoms with Crippen molar-refractivity contribution in [2.75, 3.05) is 11.9 Å². The highest BCUT2D eigenvalue weighted by Crippen LogP contribution is 2.27. The minimum absolute atomic E-state index is 0.0131. The van der Waals surface area contributed by atoms with Crippen LogP contribution in [0.2, 0.25) is 5.02 Å². The number of benzene rings is 3. The zero-order chi connectivity index (χ0) is 28.0. The molecule has 0 heterocycles. The van der Waals surface area contributed by atoms with E-state index in [1.807, 2.05) is 10.8 Å². The van der Waals surface area contributed by atoms with Crippen molar-refractivity contribution in [2.24, 2.45) is 0 Å². The number of carbonyl (C=O) groups is 3. The van der Waals surface area contributed by atoms with E-state index in [9.17, 15) is 28.1 Å². The van der Waals surface area contributed by atoms with Gasteiger partial charge < -0.3 is 10.1 Å². The standard InChI is InChI=1S/C27H24ClN3O6S/c1-4-25(32)31-38(35,36)21-6-7-23(17(3)11-21)30-26(33)15-37-24-8-5-20(28)13-22(24)27(34)19-10-16(2)9-18(12-19)14-29/h5-13H,4,15H2,1-3H3,(H,30,33)(H,31,32). The third kappa shape index (κ3) is 6.97. The van der Waals surface area contributed by atoms with Crippen LogP contribution in [0.5, 0.6) is 5.75 Å². The monoisotopic (exact) mass is 553 g/mol. The predicted molar refractivity (Wildman–Crippen MR) is 142 cm³/mol. The Bertz CT molecular complexity index is 1580. The number of nitrogens with one attached hydrogen (secondary N) is 2. The molecule has 38 heavy (non-hydrogen) atoms. The lowest BCUT2D eigenvalue weighted by Gasteiger charge is -2.14. The Morgan fingerprint density at radius 1 is 1.00 bits per heavy atom. The highest BCUT2D eigenvalue weighted by molar-refractivity contribution is 7.90. The van der Waals surface area contributed by atoms with Gasteiger partial charge in [-0.05, 0) is 79.6 Å². The van der Waals surface area contributed by atoms with E-state index in [4.69, 9.17) is 16.3 Å². The first-order valence-corrected chi connectivity index (χ1v) is 13.2. The fourth-order valence-electron chi connectivity index (χ4n) is 3.49. The molecule has 0 aliphatic carbocycles. The van der Waals surface area contributed by atoms with Crippen LogP contribution in [0.3, 0.4) is 0 Å². The number of halogens is 1. The maximum atomic E-state index is 13.2. The quantitative estimate of drug-likeness (QED) is 0.376. The fraction of sp³-hybridized carbons (Fsp3) is 0.185. The SMILES string of the molecule is CCC(=O)NS(=O)(=O)c1ccc(NC(=O)COc2ccc(Cl)cc2C(=O)c2cc(C)cc(C#N)c2)c(C)c1. The molecule has 11 heteroatoms. The Balaban J connectivity index is 1.75. The van der Waals surface area contributed by atoms with E-state index in [1.165, 1.54) is 49.4 Å². The molecule has 3 rings (SSSR count). The lowest BCUT2D eigenvalue weighted by molar-refractivity contribution is -0.119. The van der Waals surface area contributed by atoms with Gasteiger partial charge in [0.2, 0.25) is 5.91 Å². The minimum atomic E-state index is -4.03. The molecule has 196 valence electrons. The summed E-state index contributed by atoms with van der Waals surface area (Å²) >= 11 is 6.10. The van der Waals surface area contributed by atoms with Crippen molar-refractivity contribution in [3.05, 3.63) is 87.4 Å². The van der Waals surface area contributed by atoms with Crippen molar-refractivity contribution in [1.82, 2.24) is 4.72 Å². The maximum Gasteiger partial charge on any atom is 0.264 e. The van der Waals surface area contributed by atoms with Crippen LogP contribution in [-0.2, 0) is 19.6 Å². The summed E-state index contributed by atoms with van der Waals surface area (Å²) < 4.78 is 32.2. The second-order valence-electron chi connectivity index (χ2n) is 8.36. The number of sulfonamides is 1. The summed E-state index contributed by atoms with van der Waals surface area (Å²) in [5.74, 6) is -1.49. The van der Waals surface area contributed by atoms with Gasteiger partial charge in [0.05, 0.1) is 22.1 Å². The van der Waals surface area contributed by atoms with Crippen molar-refractivity contribution in [2.45, 2.75) is 32.1 Å². The zero-order valence-electron chi connectivity index (χ0n) is 20.8. The molecule has 0 saturated carbocycles. The van der Waals surface area contributed by atoms with Gasteiger partial charge in [-0.15, -0.1) is 0 Å². The van der Waals surface area contributed by atoms with Crippen molar-refractivity contribution in [3.63, 3.8) is 0 Å². The lowest BCUT2D eigenvalue weighted by Crippen LogP contribution is -2.29.